The predicted octanol–water partition coefficient (Wildman–Crippen LogP) is 2.31. The van der Waals surface area contributed by atoms with Crippen molar-refractivity contribution in [2.75, 3.05) is 19.7 Å². The number of ether oxygens (including phenoxy) is 3. The average Bonchev–Trinajstić information content (AvgIpc) is 3.18. The largest absolute Gasteiger partial charge is 0.468 e. The third kappa shape index (κ3) is 5.88. The lowest BCUT2D eigenvalue weighted by molar-refractivity contribution is -0.0512. The van der Waals surface area contributed by atoms with Crippen LogP contribution < -0.4 is 11.2 Å². The van der Waals surface area contributed by atoms with Crippen LogP contribution in [-0.2, 0) is 14.2 Å². The van der Waals surface area contributed by atoms with Gasteiger partial charge in [-0.25, -0.2) is 9.59 Å². The van der Waals surface area contributed by atoms with E-state index in [1.165, 1.54) is 10.8 Å². The standard InChI is InChI=1S/C23H29N3O6S/c1-5-25(6-2)23(33)30-13-18-17(32-21(28)16-9-7-14(3)8-10-16)11-19(31-18)26-12-15(4)20(27)24-22(26)29/h7-10,12,17-19H,5-6,11,13H2,1-4H3,(H,24,27,29)/t17-,18+,19+/m0/s1. The Bertz CT molecular complexity index is 1110. The Kier molecular flexibility index (Phi) is 8.04. The number of hydrogen-bond donors (Lipinski definition) is 1. The first-order valence-electron chi connectivity index (χ1n) is 10.9. The predicted molar refractivity (Wildman–Crippen MR) is 126 cm³/mol. The summed E-state index contributed by atoms with van der Waals surface area (Å²) in [5.74, 6) is -0.495. The fourth-order valence-electron chi connectivity index (χ4n) is 3.57. The molecule has 9 nitrogen and oxygen atoms in total. The van der Waals surface area contributed by atoms with Crippen LogP contribution in [0.2, 0.25) is 0 Å². The number of benzene rings is 1. The Hall–Kier alpha value is -2.98. The molecule has 178 valence electrons. The molecule has 33 heavy (non-hydrogen) atoms. The highest BCUT2D eigenvalue weighted by atomic mass is 32.1. The van der Waals surface area contributed by atoms with E-state index in [0.717, 1.165) is 5.56 Å². The van der Waals surface area contributed by atoms with Crippen molar-refractivity contribution >= 4 is 23.4 Å². The van der Waals surface area contributed by atoms with Gasteiger partial charge in [0.15, 0.2) is 0 Å². The number of nitrogens with one attached hydrogen (secondary N) is 1. The van der Waals surface area contributed by atoms with Crippen molar-refractivity contribution < 1.29 is 19.0 Å². The molecule has 1 aliphatic rings. The van der Waals surface area contributed by atoms with Crippen LogP contribution in [0.4, 0.5) is 0 Å². The molecule has 0 radical (unpaired) electrons. The quantitative estimate of drug-likeness (QED) is 0.481. The van der Waals surface area contributed by atoms with Crippen molar-refractivity contribution in [3.8, 4) is 0 Å². The van der Waals surface area contributed by atoms with E-state index < -0.39 is 35.7 Å². The fourth-order valence-corrected chi connectivity index (χ4v) is 3.89. The minimum absolute atomic E-state index is 0.0504. The van der Waals surface area contributed by atoms with E-state index in [2.05, 4.69) is 4.98 Å². The summed E-state index contributed by atoms with van der Waals surface area (Å²) in [6.07, 6.45) is -0.414. The van der Waals surface area contributed by atoms with Crippen LogP contribution in [0.5, 0.6) is 0 Å². The molecule has 10 heteroatoms. The third-order valence-corrected chi connectivity index (χ3v) is 5.95. The molecular weight excluding hydrogens is 446 g/mol. The van der Waals surface area contributed by atoms with Crippen molar-refractivity contribution in [1.29, 1.82) is 0 Å². The van der Waals surface area contributed by atoms with Gasteiger partial charge in [0.25, 0.3) is 10.7 Å². The highest BCUT2D eigenvalue weighted by Crippen LogP contribution is 2.31. The number of nitrogens with zero attached hydrogens (tertiary/aromatic N) is 2. The molecule has 1 saturated heterocycles. The van der Waals surface area contributed by atoms with E-state index in [0.29, 0.717) is 29.4 Å². The van der Waals surface area contributed by atoms with Gasteiger partial charge in [-0.05, 0) is 52.0 Å². The highest BCUT2D eigenvalue weighted by molar-refractivity contribution is 7.80. The van der Waals surface area contributed by atoms with Crippen LogP contribution >= 0.6 is 12.2 Å². The summed E-state index contributed by atoms with van der Waals surface area (Å²) in [5, 5.41) is 0.327. The van der Waals surface area contributed by atoms with Crippen LogP contribution in [0.3, 0.4) is 0 Å². The molecule has 1 N–H and O–H groups in total. The van der Waals surface area contributed by atoms with Gasteiger partial charge in [0.05, 0.1) is 5.56 Å². The van der Waals surface area contributed by atoms with E-state index in [4.69, 9.17) is 26.4 Å². The van der Waals surface area contributed by atoms with E-state index in [1.54, 1.807) is 19.1 Å². The second-order valence-electron chi connectivity index (χ2n) is 7.90. The Balaban J connectivity index is 1.80. The Morgan fingerprint density at radius 2 is 1.88 bits per heavy atom. The minimum Gasteiger partial charge on any atom is -0.468 e. The number of H-pyrrole nitrogens is 1. The number of esters is 1. The molecule has 1 aromatic carbocycles. The lowest BCUT2D eigenvalue weighted by atomic mass is 10.1. The number of carbonyl (C=O) groups excluding carboxylic acids is 1. The fraction of sp³-hybridized carbons (Fsp3) is 0.478. The van der Waals surface area contributed by atoms with Gasteiger partial charge in [0.1, 0.15) is 25.0 Å². The molecule has 2 heterocycles. The molecule has 0 amide bonds. The molecule has 1 aliphatic heterocycles. The minimum atomic E-state index is -0.737. The zero-order chi connectivity index (χ0) is 24.1. The van der Waals surface area contributed by atoms with Crippen molar-refractivity contribution in [2.24, 2.45) is 0 Å². The maximum atomic E-state index is 12.7. The van der Waals surface area contributed by atoms with Gasteiger partial charge >= 0.3 is 11.7 Å². The summed E-state index contributed by atoms with van der Waals surface area (Å²) in [6, 6.07) is 7.05. The molecule has 0 spiro atoms. The van der Waals surface area contributed by atoms with Crippen LogP contribution in [0.1, 0.15) is 48.0 Å². The van der Waals surface area contributed by atoms with Crippen molar-refractivity contribution in [1.82, 2.24) is 14.5 Å². The Labute approximate surface area is 197 Å². The first kappa shape index (κ1) is 24.7. The number of aromatic amines is 1. The average molecular weight is 476 g/mol. The van der Waals surface area contributed by atoms with E-state index in [1.807, 2.05) is 37.8 Å². The number of aryl methyl sites for hydroxylation is 2. The number of thiocarbonyl (C=S) groups is 1. The first-order chi connectivity index (χ1) is 15.7. The molecule has 0 aliphatic carbocycles. The molecule has 0 saturated carbocycles. The van der Waals surface area contributed by atoms with Crippen molar-refractivity contribution in [3.63, 3.8) is 0 Å². The van der Waals surface area contributed by atoms with Crippen LogP contribution in [0, 0.1) is 13.8 Å². The molecule has 3 rings (SSSR count). The SMILES string of the molecule is CCN(CC)C(=S)OC[C@H]1O[C@@H](n2cc(C)c(=O)[nH]c2=O)C[C@@H]1OC(=O)c1ccc(C)cc1. The van der Waals surface area contributed by atoms with Gasteiger partial charge in [-0.1, -0.05) is 17.7 Å². The van der Waals surface area contributed by atoms with Crippen LogP contribution in [-0.4, -0.2) is 57.5 Å². The highest BCUT2D eigenvalue weighted by Gasteiger charge is 2.40. The monoisotopic (exact) mass is 475 g/mol. The zero-order valence-electron chi connectivity index (χ0n) is 19.2. The number of rotatable bonds is 7. The van der Waals surface area contributed by atoms with E-state index in [9.17, 15) is 14.4 Å². The lowest BCUT2D eigenvalue weighted by Crippen LogP contribution is -2.36. The normalized spacial score (nSPS) is 19.8. The summed E-state index contributed by atoms with van der Waals surface area (Å²) < 4.78 is 18.9. The lowest BCUT2D eigenvalue weighted by Gasteiger charge is -2.24. The summed E-state index contributed by atoms with van der Waals surface area (Å²) in [4.78, 5) is 41.0. The number of carbonyl (C=O) groups is 1. The van der Waals surface area contributed by atoms with Gasteiger partial charge in [0.2, 0.25) is 0 Å². The van der Waals surface area contributed by atoms with E-state index in [-0.39, 0.29) is 13.0 Å². The molecule has 2 aromatic rings. The summed E-state index contributed by atoms with van der Waals surface area (Å²) in [6.45, 7) is 8.91. The zero-order valence-corrected chi connectivity index (χ0v) is 20.0. The number of hydrogen-bond acceptors (Lipinski definition) is 7. The summed E-state index contributed by atoms with van der Waals surface area (Å²) >= 11 is 5.34. The van der Waals surface area contributed by atoms with Gasteiger partial charge < -0.3 is 19.1 Å². The molecule has 0 unspecified atom stereocenters. The van der Waals surface area contributed by atoms with Gasteiger partial charge in [-0.15, -0.1) is 0 Å². The summed E-state index contributed by atoms with van der Waals surface area (Å²) in [7, 11) is 0. The third-order valence-electron chi connectivity index (χ3n) is 5.58. The summed E-state index contributed by atoms with van der Waals surface area (Å²) in [5.41, 5.74) is 0.758. The smallest absolute Gasteiger partial charge is 0.338 e. The topological polar surface area (TPSA) is 103 Å². The first-order valence-corrected chi connectivity index (χ1v) is 11.3. The van der Waals surface area contributed by atoms with Gasteiger partial charge in [-0.2, -0.15) is 0 Å². The van der Waals surface area contributed by atoms with Gasteiger partial charge in [0, 0.05) is 31.3 Å². The molecule has 1 aromatic heterocycles. The number of aromatic nitrogens is 2. The van der Waals surface area contributed by atoms with Crippen molar-refractivity contribution in [3.05, 3.63) is 68.0 Å². The molecule has 3 atom stereocenters. The maximum absolute atomic E-state index is 12.7. The molecular formula is C23H29N3O6S. The van der Waals surface area contributed by atoms with Crippen LogP contribution in [0.25, 0.3) is 0 Å². The van der Waals surface area contributed by atoms with E-state index >= 15 is 0 Å². The maximum Gasteiger partial charge on any atom is 0.338 e. The Morgan fingerprint density at radius 3 is 2.52 bits per heavy atom. The molecule has 0 bridgehead atoms. The van der Waals surface area contributed by atoms with Gasteiger partial charge in [-0.3, -0.25) is 14.3 Å². The Morgan fingerprint density at radius 1 is 1.21 bits per heavy atom. The second kappa shape index (κ2) is 10.8. The molecule has 1 fully saturated rings. The second-order valence-corrected chi connectivity index (χ2v) is 8.25. The van der Waals surface area contributed by atoms with Crippen LogP contribution in [0.15, 0.2) is 40.1 Å². The van der Waals surface area contributed by atoms with Crippen molar-refractivity contribution in [2.45, 2.75) is 52.6 Å².